The fourth-order valence-electron chi connectivity index (χ4n) is 2.44. The summed E-state index contributed by atoms with van der Waals surface area (Å²) in [5.41, 5.74) is 6.24. The number of nitrogens with one attached hydrogen (secondary N) is 1. The van der Waals surface area contributed by atoms with E-state index in [1.54, 1.807) is 0 Å². The molecule has 0 radical (unpaired) electrons. The average Bonchev–Trinajstić information content (AvgIpc) is 2.47. The minimum Gasteiger partial charge on any atom is -0.352 e. The quantitative estimate of drug-likeness (QED) is 0.890. The van der Waals surface area contributed by atoms with E-state index in [0.29, 0.717) is 32.2 Å². The summed E-state index contributed by atoms with van der Waals surface area (Å²) in [6.07, 6.45) is 2.58. The van der Waals surface area contributed by atoms with Crippen LogP contribution < -0.4 is 11.1 Å². The normalized spacial score (nSPS) is 25.8. The maximum atomic E-state index is 12.1. The molecule has 1 aliphatic carbocycles. The first-order chi connectivity index (χ1) is 9.52. The van der Waals surface area contributed by atoms with E-state index in [2.05, 4.69) is 27.3 Å². The molecule has 0 atom stereocenters. The monoisotopic (exact) mass is 335 g/mol. The Balaban J connectivity index is 1.82. The van der Waals surface area contributed by atoms with Crippen LogP contribution in [0.15, 0.2) is 28.7 Å². The molecule has 0 spiro atoms. The Morgan fingerprint density at radius 2 is 2.00 bits per heavy atom. The molecular weight excluding hydrogens is 318 g/mol. The maximum Gasteiger partial charge on any atom is 0.223 e. The Morgan fingerprint density at radius 1 is 1.40 bits per heavy atom. The van der Waals surface area contributed by atoms with Gasteiger partial charge in [-0.3, -0.25) is 4.79 Å². The zero-order valence-corrected chi connectivity index (χ0v) is 12.8. The second-order valence-corrected chi connectivity index (χ2v) is 6.30. The van der Waals surface area contributed by atoms with E-state index in [1.165, 1.54) is 0 Å². The molecule has 1 aromatic rings. The number of hydrogen-bond donors (Lipinski definition) is 2. The molecule has 1 aliphatic rings. The van der Waals surface area contributed by atoms with E-state index in [9.17, 15) is 4.79 Å². The van der Waals surface area contributed by atoms with Gasteiger partial charge in [0.05, 0.1) is 6.07 Å². The third-order valence-corrected chi connectivity index (χ3v) is 4.38. The Morgan fingerprint density at radius 3 is 2.55 bits per heavy atom. The van der Waals surface area contributed by atoms with E-state index >= 15 is 0 Å². The number of amides is 1. The predicted molar refractivity (Wildman–Crippen MR) is 80.5 cm³/mol. The molecule has 0 saturated heterocycles. The summed E-state index contributed by atoms with van der Waals surface area (Å²) >= 11 is 3.38. The number of nitrogens with zero attached hydrogens (tertiary/aromatic N) is 1. The van der Waals surface area contributed by atoms with Crippen LogP contribution in [0.2, 0.25) is 0 Å². The molecule has 0 aromatic heterocycles. The van der Waals surface area contributed by atoms with Crippen molar-refractivity contribution >= 4 is 21.8 Å². The first-order valence-electron chi connectivity index (χ1n) is 6.75. The van der Waals surface area contributed by atoms with Gasteiger partial charge in [-0.15, -0.1) is 0 Å². The molecule has 2 rings (SSSR count). The van der Waals surface area contributed by atoms with E-state index in [0.717, 1.165) is 10.0 Å². The van der Waals surface area contributed by atoms with Gasteiger partial charge in [-0.25, -0.2) is 0 Å². The number of carbonyl (C=O) groups excluding carboxylic acids is 1. The fraction of sp³-hybridized carbons (Fsp3) is 0.467. The lowest BCUT2D eigenvalue weighted by molar-refractivity contribution is -0.126. The largest absolute Gasteiger partial charge is 0.352 e. The minimum absolute atomic E-state index is 0.0181. The van der Waals surface area contributed by atoms with Crippen LogP contribution in [0.1, 0.15) is 31.2 Å². The topological polar surface area (TPSA) is 78.9 Å². The SMILES string of the molecule is N#CC1(N)CCC(C(=O)NCc2ccc(Br)cc2)CC1. The molecule has 0 aliphatic heterocycles. The maximum absolute atomic E-state index is 12.1. The van der Waals surface area contributed by atoms with Crippen LogP contribution in [-0.4, -0.2) is 11.4 Å². The van der Waals surface area contributed by atoms with Crippen LogP contribution in [0.25, 0.3) is 0 Å². The highest BCUT2D eigenvalue weighted by Gasteiger charge is 2.34. The fourth-order valence-corrected chi connectivity index (χ4v) is 2.71. The Bertz CT molecular complexity index is 513. The van der Waals surface area contributed by atoms with Gasteiger partial charge in [-0.05, 0) is 43.4 Å². The molecule has 0 bridgehead atoms. The first-order valence-corrected chi connectivity index (χ1v) is 7.54. The predicted octanol–water partition coefficient (Wildman–Crippen LogP) is 2.48. The highest BCUT2D eigenvalue weighted by Crippen LogP contribution is 2.30. The Kier molecular flexibility index (Phi) is 4.79. The summed E-state index contributed by atoms with van der Waals surface area (Å²) in [6.45, 7) is 0.536. The summed E-state index contributed by atoms with van der Waals surface area (Å²) in [5, 5.41) is 11.9. The third kappa shape index (κ3) is 3.81. The lowest BCUT2D eigenvalue weighted by Crippen LogP contribution is -2.44. The van der Waals surface area contributed by atoms with E-state index in [-0.39, 0.29) is 11.8 Å². The summed E-state index contributed by atoms with van der Waals surface area (Å²) in [7, 11) is 0. The minimum atomic E-state index is -0.734. The van der Waals surface area contributed by atoms with Crippen molar-refractivity contribution < 1.29 is 4.79 Å². The van der Waals surface area contributed by atoms with Gasteiger partial charge in [0.1, 0.15) is 5.54 Å². The zero-order chi connectivity index (χ0) is 14.6. The van der Waals surface area contributed by atoms with Gasteiger partial charge in [-0.1, -0.05) is 28.1 Å². The number of halogens is 1. The van der Waals surface area contributed by atoms with Gasteiger partial charge in [0, 0.05) is 16.9 Å². The van der Waals surface area contributed by atoms with Gasteiger partial charge in [-0.2, -0.15) is 5.26 Å². The Labute approximate surface area is 127 Å². The highest BCUT2D eigenvalue weighted by molar-refractivity contribution is 9.10. The van der Waals surface area contributed by atoms with Crippen LogP contribution in [0.5, 0.6) is 0 Å². The second kappa shape index (κ2) is 6.38. The molecule has 20 heavy (non-hydrogen) atoms. The van der Waals surface area contributed by atoms with Crippen LogP contribution in [-0.2, 0) is 11.3 Å². The van der Waals surface area contributed by atoms with Gasteiger partial charge < -0.3 is 11.1 Å². The summed E-state index contributed by atoms with van der Waals surface area (Å²) in [5.74, 6) is 0.0448. The zero-order valence-electron chi connectivity index (χ0n) is 11.2. The lowest BCUT2D eigenvalue weighted by atomic mass is 9.77. The number of carbonyl (C=O) groups is 1. The smallest absolute Gasteiger partial charge is 0.223 e. The summed E-state index contributed by atoms with van der Waals surface area (Å²) in [4.78, 5) is 12.1. The molecule has 0 unspecified atom stereocenters. The number of nitriles is 1. The summed E-state index contributed by atoms with van der Waals surface area (Å²) < 4.78 is 1.02. The van der Waals surface area contributed by atoms with Crippen molar-refractivity contribution in [2.75, 3.05) is 0 Å². The standard InChI is InChI=1S/C15H18BrN3O/c16-13-3-1-11(2-4-13)9-19-14(20)12-5-7-15(18,10-17)8-6-12/h1-4,12H,5-9,18H2,(H,19,20). The van der Waals surface area contributed by atoms with Crippen LogP contribution >= 0.6 is 15.9 Å². The highest BCUT2D eigenvalue weighted by atomic mass is 79.9. The van der Waals surface area contributed by atoms with Crippen molar-refractivity contribution in [3.8, 4) is 6.07 Å². The lowest BCUT2D eigenvalue weighted by Gasteiger charge is -2.31. The second-order valence-electron chi connectivity index (χ2n) is 5.39. The third-order valence-electron chi connectivity index (χ3n) is 3.85. The van der Waals surface area contributed by atoms with Crippen LogP contribution in [0.3, 0.4) is 0 Å². The van der Waals surface area contributed by atoms with E-state index in [1.807, 2.05) is 24.3 Å². The first kappa shape index (κ1) is 15.0. The van der Waals surface area contributed by atoms with Crippen molar-refractivity contribution in [1.82, 2.24) is 5.32 Å². The van der Waals surface area contributed by atoms with Crippen molar-refractivity contribution in [2.24, 2.45) is 11.7 Å². The van der Waals surface area contributed by atoms with E-state index in [4.69, 9.17) is 11.0 Å². The van der Waals surface area contributed by atoms with Gasteiger partial charge in [0.2, 0.25) is 5.91 Å². The van der Waals surface area contributed by atoms with Crippen molar-refractivity contribution in [3.05, 3.63) is 34.3 Å². The molecule has 3 N–H and O–H groups in total. The molecule has 1 fully saturated rings. The summed E-state index contributed by atoms with van der Waals surface area (Å²) in [6, 6.07) is 10.0. The number of hydrogen-bond acceptors (Lipinski definition) is 3. The van der Waals surface area contributed by atoms with Crippen LogP contribution in [0.4, 0.5) is 0 Å². The van der Waals surface area contributed by atoms with E-state index < -0.39 is 5.54 Å². The molecular formula is C15H18BrN3O. The molecule has 1 saturated carbocycles. The molecule has 1 aromatic carbocycles. The number of rotatable bonds is 3. The number of benzene rings is 1. The van der Waals surface area contributed by atoms with Gasteiger partial charge >= 0.3 is 0 Å². The van der Waals surface area contributed by atoms with Crippen molar-refractivity contribution in [3.63, 3.8) is 0 Å². The van der Waals surface area contributed by atoms with Gasteiger partial charge in [0.25, 0.3) is 0 Å². The van der Waals surface area contributed by atoms with Crippen LogP contribution in [0, 0.1) is 17.2 Å². The molecule has 5 heteroatoms. The van der Waals surface area contributed by atoms with Crippen molar-refractivity contribution in [1.29, 1.82) is 5.26 Å². The van der Waals surface area contributed by atoms with Crippen molar-refractivity contribution in [2.45, 2.75) is 37.8 Å². The molecule has 4 nitrogen and oxygen atoms in total. The Hall–Kier alpha value is -1.38. The molecule has 1 amide bonds. The molecule has 0 heterocycles. The molecule has 106 valence electrons. The average molecular weight is 336 g/mol. The van der Waals surface area contributed by atoms with Gasteiger partial charge in [0.15, 0.2) is 0 Å². The number of nitrogens with two attached hydrogens (primary N) is 1.